The number of nitrogens with one attached hydrogen (secondary N) is 4. The van der Waals surface area contributed by atoms with Crippen molar-refractivity contribution in [3.8, 4) is 0 Å². The van der Waals surface area contributed by atoms with Crippen molar-refractivity contribution in [1.82, 2.24) is 21.3 Å². The fourth-order valence-electron chi connectivity index (χ4n) is 10.2. The Hall–Kier alpha value is -1.54. The number of carbonyl (C=O) groups is 2. The Morgan fingerprint density at radius 3 is 1.81 bits per heavy atom. The van der Waals surface area contributed by atoms with E-state index < -0.39 is 12.2 Å². The van der Waals surface area contributed by atoms with Crippen molar-refractivity contribution in [2.75, 3.05) is 13.1 Å². The zero-order valence-corrected chi connectivity index (χ0v) is 28.5. The normalized spacial score (nSPS) is 46.1. The zero-order chi connectivity index (χ0) is 31.7. The quantitative estimate of drug-likeness (QED) is 0.161. The lowest BCUT2D eigenvalue weighted by atomic mass is 9.44. The maximum Gasteiger partial charge on any atom is 0.404 e. The lowest BCUT2D eigenvalue weighted by Gasteiger charge is -2.66. The number of amides is 2. The predicted molar refractivity (Wildman–Crippen MR) is 171 cm³/mol. The third-order valence-corrected chi connectivity index (χ3v) is 13.5. The number of hydrogen-bond acceptors (Lipinski definition) is 4. The van der Waals surface area contributed by atoms with Gasteiger partial charge < -0.3 is 31.5 Å². The summed E-state index contributed by atoms with van der Waals surface area (Å²) in [6.07, 6.45) is 7.03. The van der Waals surface area contributed by atoms with Crippen LogP contribution in [0.25, 0.3) is 0 Å². The van der Waals surface area contributed by atoms with Gasteiger partial charge in [0.2, 0.25) is 0 Å². The topological polar surface area (TPSA) is 123 Å². The fraction of sp³-hybridized carbons (Fsp3) is 0.941. The molecule has 1 aliphatic carbocycles. The molecular formula is C34H64N4O4. The first-order valence-corrected chi connectivity index (χ1v) is 17.0. The summed E-state index contributed by atoms with van der Waals surface area (Å²) in [5, 5.41) is 33.6. The molecule has 0 spiro atoms. The summed E-state index contributed by atoms with van der Waals surface area (Å²) in [4.78, 5) is 24.1. The molecule has 0 aromatic rings. The maximum absolute atomic E-state index is 12.2. The molecule has 3 fully saturated rings. The molecule has 0 aromatic carbocycles. The average Bonchev–Trinajstić information content (AvgIpc) is 2.94. The maximum atomic E-state index is 12.2. The molecule has 1 saturated carbocycles. The Morgan fingerprint density at radius 2 is 1.31 bits per heavy atom. The van der Waals surface area contributed by atoms with E-state index in [0.29, 0.717) is 36.8 Å². The van der Waals surface area contributed by atoms with E-state index in [0.717, 1.165) is 57.8 Å². The van der Waals surface area contributed by atoms with E-state index in [9.17, 15) is 19.8 Å². The summed E-state index contributed by atoms with van der Waals surface area (Å²) >= 11 is 0. The molecule has 2 heterocycles. The van der Waals surface area contributed by atoms with Crippen LogP contribution in [-0.4, -0.2) is 57.6 Å². The Labute approximate surface area is 256 Å². The van der Waals surface area contributed by atoms with Crippen LogP contribution in [0.1, 0.15) is 127 Å². The van der Waals surface area contributed by atoms with Crippen molar-refractivity contribution in [3.63, 3.8) is 0 Å². The third-order valence-electron chi connectivity index (χ3n) is 13.5. The molecule has 2 aliphatic heterocycles. The van der Waals surface area contributed by atoms with Crippen molar-refractivity contribution in [1.29, 1.82) is 0 Å². The lowest BCUT2D eigenvalue weighted by molar-refractivity contribution is -0.136. The van der Waals surface area contributed by atoms with Gasteiger partial charge in [0, 0.05) is 35.2 Å². The summed E-state index contributed by atoms with van der Waals surface area (Å²) in [7, 11) is 0. The van der Waals surface area contributed by atoms with E-state index in [-0.39, 0.29) is 39.4 Å². The Morgan fingerprint density at radius 1 is 0.786 bits per heavy atom. The summed E-state index contributed by atoms with van der Waals surface area (Å²) < 4.78 is 0. The van der Waals surface area contributed by atoms with Crippen molar-refractivity contribution >= 4 is 12.2 Å². The van der Waals surface area contributed by atoms with Gasteiger partial charge in [-0.25, -0.2) is 9.59 Å². The molecule has 244 valence electrons. The molecule has 3 rings (SSSR count). The summed E-state index contributed by atoms with van der Waals surface area (Å²) in [5.74, 6) is 1.65. The van der Waals surface area contributed by atoms with Gasteiger partial charge in [-0.1, -0.05) is 48.0 Å². The van der Waals surface area contributed by atoms with E-state index >= 15 is 0 Å². The molecule has 2 amide bonds. The highest BCUT2D eigenvalue weighted by molar-refractivity contribution is 5.64. The van der Waals surface area contributed by atoms with Crippen LogP contribution < -0.4 is 21.3 Å². The van der Waals surface area contributed by atoms with E-state index in [1.165, 1.54) is 0 Å². The largest absolute Gasteiger partial charge is 0.465 e. The van der Waals surface area contributed by atoms with Gasteiger partial charge >= 0.3 is 12.2 Å². The van der Waals surface area contributed by atoms with Crippen LogP contribution in [0.4, 0.5) is 9.59 Å². The van der Waals surface area contributed by atoms with Gasteiger partial charge in [-0.05, 0) is 120 Å². The predicted octanol–water partition coefficient (Wildman–Crippen LogP) is 7.09. The van der Waals surface area contributed by atoms with E-state index in [2.05, 4.69) is 90.5 Å². The monoisotopic (exact) mass is 592 g/mol. The number of hydrogen-bond donors (Lipinski definition) is 6. The number of carboxylic acid groups (broad SMARTS) is 2. The van der Waals surface area contributed by atoms with E-state index in [1.54, 1.807) is 0 Å². The molecule has 8 heteroatoms. The van der Waals surface area contributed by atoms with Gasteiger partial charge in [0.25, 0.3) is 0 Å². The summed E-state index contributed by atoms with van der Waals surface area (Å²) in [6, 6.07) is 0. The van der Waals surface area contributed by atoms with Gasteiger partial charge in [0.15, 0.2) is 0 Å². The second kappa shape index (κ2) is 12.8. The zero-order valence-electron chi connectivity index (χ0n) is 28.5. The molecule has 11 atom stereocenters. The minimum absolute atomic E-state index is 0.0360. The molecule has 0 aromatic heterocycles. The van der Waals surface area contributed by atoms with Gasteiger partial charge in [-0.3, -0.25) is 0 Å². The first-order chi connectivity index (χ1) is 19.5. The van der Waals surface area contributed by atoms with Crippen LogP contribution in [0.5, 0.6) is 0 Å². The minimum atomic E-state index is -0.976. The van der Waals surface area contributed by atoms with Crippen molar-refractivity contribution < 1.29 is 19.8 Å². The standard InChI is InChI=1S/C34H64N4O4/c1-11-30(7)18-25(22(5)32(9,13-3)37-30)27-24(20-35-28(39)40)16-15-17-34(27,21-36-29(41)42)26-19-31(8,12-2)38-33(10,14-4)23(26)6/h22-27,35-38H,11-21H2,1-10H3,(H,39,40)(H,41,42). The smallest absolute Gasteiger partial charge is 0.404 e. The van der Waals surface area contributed by atoms with Crippen LogP contribution in [0.3, 0.4) is 0 Å². The lowest BCUT2D eigenvalue weighted by Crippen LogP contribution is -2.71. The Balaban J connectivity index is 2.30. The fourth-order valence-corrected chi connectivity index (χ4v) is 10.2. The third kappa shape index (κ3) is 6.60. The molecule has 11 unspecified atom stereocenters. The van der Waals surface area contributed by atoms with Gasteiger partial charge in [-0.2, -0.15) is 0 Å². The second-order valence-electron chi connectivity index (χ2n) is 15.6. The number of rotatable bonds is 10. The SMILES string of the molecule is CCC1(C)CC(C2C(CNC(=O)O)CCCC2(CNC(=O)O)C2CC(C)(CC)NC(C)(CC)C2C)C(C)C(C)(CC)N1. The molecule has 2 saturated heterocycles. The summed E-state index contributed by atoms with van der Waals surface area (Å²) in [5.41, 5.74) is -0.500. The molecule has 8 nitrogen and oxygen atoms in total. The van der Waals surface area contributed by atoms with Crippen molar-refractivity contribution in [3.05, 3.63) is 0 Å². The van der Waals surface area contributed by atoms with E-state index in [1.807, 2.05) is 0 Å². The average molecular weight is 593 g/mol. The highest BCUT2D eigenvalue weighted by Gasteiger charge is 2.62. The van der Waals surface area contributed by atoms with Gasteiger partial charge in [0.1, 0.15) is 0 Å². The molecule has 0 bridgehead atoms. The molecule has 0 radical (unpaired) electrons. The van der Waals surface area contributed by atoms with Crippen LogP contribution in [0.2, 0.25) is 0 Å². The Kier molecular flexibility index (Phi) is 10.7. The van der Waals surface area contributed by atoms with Crippen LogP contribution in [-0.2, 0) is 0 Å². The van der Waals surface area contributed by atoms with Crippen LogP contribution >= 0.6 is 0 Å². The highest BCUT2D eigenvalue weighted by Crippen LogP contribution is 2.62. The van der Waals surface area contributed by atoms with Gasteiger partial charge in [-0.15, -0.1) is 0 Å². The van der Waals surface area contributed by atoms with E-state index in [4.69, 9.17) is 0 Å². The molecule has 3 aliphatic rings. The van der Waals surface area contributed by atoms with Crippen molar-refractivity contribution in [2.45, 2.75) is 149 Å². The molecular weight excluding hydrogens is 528 g/mol. The number of piperidine rings is 2. The van der Waals surface area contributed by atoms with Gasteiger partial charge in [0.05, 0.1) is 0 Å². The molecule has 42 heavy (non-hydrogen) atoms. The van der Waals surface area contributed by atoms with Crippen LogP contribution in [0, 0.1) is 40.9 Å². The summed E-state index contributed by atoms with van der Waals surface area (Å²) in [6.45, 7) is 24.2. The highest BCUT2D eigenvalue weighted by atomic mass is 16.4. The second-order valence-corrected chi connectivity index (χ2v) is 15.6. The van der Waals surface area contributed by atoms with Crippen molar-refractivity contribution in [2.24, 2.45) is 40.9 Å². The first kappa shape index (κ1) is 34.9. The van der Waals surface area contributed by atoms with Crippen LogP contribution in [0.15, 0.2) is 0 Å². The first-order valence-electron chi connectivity index (χ1n) is 17.0. The Bertz CT molecular complexity index is 964. The minimum Gasteiger partial charge on any atom is -0.465 e. The molecule has 6 N–H and O–H groups in total.